The Morgan fingerprint density at radius 2 is 2.04 bits per heavy atom. The van der Waals surface area contributed by atoms with Gasteiger partial charge in [-0.3, -0.25) is 9.62 Å². The Morgan fingerprint density at radius 3 is 2.62 bits per heavy atom. The molecular weight excluding hydrogens is 364 g/mol. The molecule has 2 fully saturated rings. The standard InChI is InChI=1S/C20H26N2O2S2/c1-4-19(14-8-9-25-13-14)22-11-17-18(12-22)20(17,2)15-6-5-7-16(10-15)21-26(3,23)24/h5-10,13,17-19,21H,4,11-12H2,1-3H3. The maximum atomic E-state index is 11.5. The van der Waals surface area contributed by atoms with Crippen LogP contribution in [0.4, 0.5) is 5.69 Å². The Labute approximate surface area is 160 Å². The molecular formula is C20H26N2O2S2. The summed E-state index contributed by atoms with van der Waals surface area (Å²) in [5, 5.41) is 4.44. The summed E-state index contributed by atoms with van der Waals surface area (Å²) < 4.78 is 25.6. The molecule has 0 amide bonds. The molecule has 6 heteroatoms. The van der Waals surface area contributed by atoms with Crippen molar-refractivity contribution in [2.75, 3.05) is 24.1 Å². The molecule has 4 nitrogen and oxygen atoms in total. The Bertz CT molecular complexity index is 880. The summed E-state index contributed by atoms with van der Waals surface area (Å²) in [5.74, 6) is 1.31. The summed E-state index contributed by atoms with van der Waals surface area (Å²) in [4.78, 5) is 2.64. The van der Waals surface area contributed by atoms with Crippen LogP contribution in [0.2, 0.25) is 0 Å². The highest BCUT2D eigenvalue weighted by atomic mass is 32.2. The van der Waals surface area contributed by atoms with Crippen molar-refractivity contribution in [3.8, 4) is 0 Å². The molecule has 0 spiro atoms. The zero-order valence-corrected chi connectivity index (χ0v) is 17.1. The number of thiophene rings is 1. The molecule has 2 aromatic rings. The van der Waals surface area contributed by atoms with Crippen molar-refractivity contribution >= 4 is 27.0 Å². The van der Waals surface area contributed by atoms with Gasteiger partial charge < -0.3 is 0 Å². The van der Waals surface area contributed by atoms with Crippen LogP contribution in [-0.4, -0.2) is 32.7 Å². The first-order valence-electron chi connectivity index (χ1n) is 9.17. The van der Waals surface area contributed by atoms with Gasteiger partial charge >= 0.3 is 0 Å². The summed E-state index contributed by atoms with van der Waals surface area (Å²) in [6.45, 7) is 6.86. The van der Waals surface area contributed by atoms with E-state index < -0.39 is 10.0 Å². The monoisotopic (exact) mass is 390 g/mol. The second-order valence-electron chi connectivity index (χ2n) is 7.89. The summed E-state index contributed by atoms with van der Waals surface area (Å²) in [6, 6.07) is 10.7. The minimum atomic E-state index is -3.24. The van der Waals surface area contributed by atoms with E-state index in [-0.39, 0.29) is 5.41 Å². The molecule has 2 aliphatic rings. The Hall–Kier alpha value is -1.37. The van der Waals surface area contributed by atoms with Crippen molar-refractivity contribution in [3.63, 3.8) is 0 Å². The van der Waals surface area contributed by atoms with E-state index in [1.165, 1.54) is 17.4 Å². The van der Waals surface area contributed by atoms with Crippen molar-refractivity contribution in [1.82, 2.24) is 4.90 Å². The van der Waals surface area contributed by atoms with Crippen LogP contribution >= 0.6 is 11.3 Å². The number of sulfonamides is 1. The van der Waals surface area contributed by atoms with Gasteiger partial charge in [0.2, 0.25) is 10.0 Å². The van der Waals surface area contributed by atoms with E-state index in [0.717, 1.165) is 19.5 Å². The average Bonchev–Trinajstić information content (AvgIpc) is 3.03. The topological polar surface area (TPSA) is 49.4 Å². The number of nitrogens with one attached hydrogen (secondary N) is 1. The van der Waals surface area contributed by atoms with E-state index >= 15 is 0 Å². The lowest BCUT2D eigenvalue weighted by Gasteiger charge is -2.31. The number of nitrogens with zero attached hydrogens (tertiary/aromatic N) is 1. The highest BCUT2D eigenvalue weighted by molar-refractivity contribution is 7.92. The van der Waals surface area contributed by atoms with E-state index in [9.17, 15) is 8.42 Å². The van der Waals surface area contributed by atoms with Crippen molar-refractivity contribution in [2.24, 2.45) is 11.8 Å². The molecule has 1 aromatic carbocycles. The second kappa shape index (κ2) is 6.36. The zero-order chi connectivity index (χ0) is 18.5. The smallest absolute Gasteiger partial charge is 0.229 e. The maximum absolute atomic E-state index is 11.5. The first-order chi connectivity index (χ1) is 12.3. The van der Waals surface area contributed by atoms with Gasteiger partial charge in [-0.15, -0.1) is 0 Å². The Morgan fingerprint density at radius 1 is 1.31 bits per heavy atom. The van der Waals surface area contributed by atoms with Crippen LogP contribution in [0.25, 0.3) is 0 Å². The third kappa shape index (κ3) is 3.08. The van der Waals surface area contributed by atoms with Crippen LogP contribution in [-0.2, 0) is 15.4 Å². The fraction of sp³-hybridized carbons (Fsp3) is 0.500. The lowest BCUT2D eigenvalue weighted by Crippen LogP contribution is -2.32. The number of rotatable bonds is 6. The molecule has 1 aliphatic carbocycles. The van der Waals surface area contributed by atoms with Gasteiger partial charge in [-0.2, -0.15) is 11.3 Å². The van der Waals surface area contributed by atoms with Crippen LogP contribution in [0.1, 0.15) is 37.4 Å². The van der Waals surface area contributed by atoms with Crippen LogP contribution in [0, 0.1) is 11.8 Å². The van der Waals surface area contributed by atoms with Gasteiger partial charge in [0.15, 0.2) is 0 Å². The lowest BCUT2D eigenvalue weighted by atomic mass is 9.91. The molecule has 140 valence electrons. The maximum Gasteiger partial charge on any atom is 0.229 e. The second-order valence-corrected chi connectivity index (χ2v) is 10.4. The predicted molar refractivity (Wildman–Crippen MR) is 108 cm³/mol. The summed E-state index contributed by atoms with van der Waals surface area (Å²) in [7, 11) is -3.24. The molecule has 0 radical (unpaired) electrons. The molecule has 1 aromatic heterocycles. The molecule has 1 aliphatic heterocycles. The average molecular weight is 391 g/mol. The molecule has 3 unspecified atom stereocenters. The van der Waals surface area contributed by atoms with E-state index in [1.807, 2.05) is 18.2 Å². The number of piperidine rings is 1. The number of hydrogen-bond acceptors (Lipinski definition) is 4. The summed E-state index contributed by atoms with van der Waals surface area (Å²) in [5.41, 5.74) is 3.53. The minimum Gasteiger partial charge on any atom is -0.296 e. The first-order valence-corrected chi connectivity index (χ1v) is 12.0. The van der Waals surface area contributed by atoms with Gasteiger partial charge in [-0.05, 0) is 58.3 Å². The van der Waals surface area contributed by atoms with Crippen molar-refractivity contribution < 1.29 is 8.42 Å². The first kappa shape index (κ1) is 18.0. The van der Waals surface area contributed by atoms with Gasteiger partial charge in [0, 0.05) is 30.2 Å². The van der Waals surface area contributed by atoms with E-state index in [1.54, 1.807) is 11.3 Å². The molecule has 0 bridgehead atoms. The largest absolute Gasteiger partial charge is 0.296 e. The fourth-order valence-electron chi connectivity index (χ4n) is 4.90. The Kier molecular flexibility index (Phi) is 4.40. The van der Waals surface area contributed by atoms with Crippen LogP contribution in [0.3, 0.4) is 0 Å². The Balaban J connectivity index is 1.50. The summed E-state index contributed by atoms with van der Waals surface area (Å²) in [6.07, 6.45) is 2.33. The molecule has 26 heavy (non-hydrogen) atoms. The van der Waals surface area contributed by atoms with Crippen LogP contribution in [0.15, 0.2) is 41.1 Å². The number of hydrogen-bond donors (Lipinski definition) is 1. The van der Waals surface area contributed by atoms with E-state index in [2.05, 4.69) is 46.4 Å². The van der Waals surface area contributed by atoms with Gasteiger partial charge in [-0.25, -0.2) is 8.42 Å². The normalized spacial score (nSPS) is 29.3. The van der Waals surface area contributed by atoms with Gasteiger partial charge in [0.25, 0.3) is 0 Å². The van der Waals surface area contributed by atoms with Gasteiger partial charge in [0.05, 0.1) is 6.26 Å². The number of likely N-dealkylation sites (tertiary alicyclic amines) is 1. The van der Waals surface area contributed by atoms with Crippen LogP contribution in [0.5, 0.6) is 0 Å². The van der Waals surface area contributed by atoms with Crippen molar-refractivity contribution in [3.05, 3.63) is 52.2 Å². The third-order valence-electron chi connectivity index (χ3n) is 6.32. The fourth-order valence-corrected chi connectivity index (χ4v) is 6.16. The molecule has 4 rings (SSSR count). The van der Waals surface area contributed by atoms with Crippen molar-refractivity contribution in [2.45, 2.75) is 31.7 Å². The van der Waals surface area contributed by atoms with E-state index in [4.69, 9.17) is 0 Å². The highest BCUT2D eigenvalue weighted by Crippen LogP contribution is 2.64. The van der Waals surface area contributed by atoms with Gasteiger partial charge in [-0.1, -0.05) is 26.0 Å². The molecule has 2 heterocycles. The SMILES string of the molecule is CCC(c1ccsc1)N1CC2C(C1)C2(C)c1cccc(NS(C)(=O)=O)c1. The molecule has 3 atom stereocenters. The highest BCUT2D eigenvalue weighted by Gasteiger charge is 2.66. The molecule has 1 N–H and O–H groups in total. The molecule has 1 saturated carbocycles. The quantitative estimate of drug-likeness (QED) is 0.808. The number of anilines is 1. The number of fused-ring (bicyclic) bond motifs is 1. The van der Waals surface area contributed by atoms with Crippen LogP contribution < -0.4 is 4.72 Å². The van der Waals surface area contributed by atoms with E-state index in [0.29, 0.717) is 23.6 Å². The zero-order valence-electron chi connectivity index (χ0n) is 15.5. The number of benzene rings is 1. The third-order valence-corrected chi connectivity index (χ3v) is 7.63. The lowest BCUT2D eigenvalue weighted by molar-refractivity contribution is 0.199. The van der Waals surface area contributed by atoms with Crippen molar-refractivity contribution in [1.29, 1.82) is 0 Å². The molecule has 1 saturated heterocycles. The predicted octanol–water partition coefficient (Wildman–Crippen LogP) is 4.09. The van der Waals surface area contributed by atoms with Gasteiger partial charge in [0.1, 0.15) is 0 Å². The minimum absolute atomic E-state index is 0.165. The summed E-state index contributed by atoms with van der Waals surface area (Å²) >= 11 is 1.77.